The van der Waals surface area contributed by atoms with Crippen molar-refractivity contribution in [1.82, 2.24) is 0 Å². The van der Waals surface area contributed by atoms with Crippen LogP contribution >= 0.6 is 0 Å². The molecule has 0 aliphatic carbocycles. The van der Waals surface area contributed by atoms with E-state index in [2.05, 4.69) is 11.4 Å². The molecule has 0 unspecified atom stereocenters. The lowest BCUT2D eigenvalue weighted by Crippen LogP contribution is -2.35. The molecule has 5 heteroatoms. The van der Waals surface area contributed by atoms with Gasteiger partial charge in [0.1, 0.15) is 0 Å². The Morgan fingerprint density at radius 3 is 2.48 bits per heavy atom. The first-order valence-corrected chi connectivity index (χ1v) is 9.47. The van der Waals surface area contributed by atoms with Gasteiger partial charge in [0.2, 0.25) is 0 Å². The molecule has 142 valence electrons. The summed E-state index contributed by atoms with van der Waals surface area (Å²) >= 11 is 0. The zero-order valence-electron chi connectivity index (χ0n) is 15.8. The number of amides is 2. The van der Waals surface area contributed by atoms with Crippen molar-refractivity contribution in [3.63, 3.8) is 0 Å². The van der Waals surface area contributed by atoms with E-state index < -0.39 is 0 Å². The van der Waals surface area contributed by atoms with Crippen molar-refractivity contribution in [3.05, 3.63) is 95.1 Å². The summed E-state index contributed by atoms with van der Waals surface area (Å²) < 4.78 is 0. The largest absolute Gasteiger partial charge is 0.322 e. The van der Waals surface area contributed by atoms with Gasteiger partial charge in [-0.3, -0.25) is 9.59 Å². The summed E-state index contributed by atoms with van der Waals surface area (Å²) in [6, 6.07) is 23.4. The van der Waals surface area contributed by atoms with Crippen LogP contribution in [0.5, 0.6) is 0 Å². The van der Waals surface area contributed by atoms with Crippen molar-refractivity contribution in [2.75, 3.05) is 16.8 Å². The standard InChI is InChI=1S/C24H19N3O2/c25-16-17-10-12-21(13-11-17)26-23(28)19-6-3-7-20(15-19)24(29)27-14-4-8-18-5-1-2-9-22(18)27/h1-3,5-7,9-13,15H,4,8,14H2,(H,26,28). The van der Waals surface area contributed by atoms with Gasteiger partial charge in [-0.05, 0) is 66.9 Å². The number of nitrogens with zero attached hydrogens (tertiary/aromatic N) is 2. The SMILES string of the molecule is N#Cc1ccc(NC(=O)c2cccc(C(=O)N3CCCc4ccccc43)c2)cc1. The van der Waals surface area contributed by atoms with Gasteiger partial charge < -0.3 is 10.2 Å². The van der Waals surface area contributed by atoms with Crippen molar-refractivity contribution in [1.29, 1.82) is 5.26 Å². The maximum absolute atomic E-state index is 13.1. The van der Waals surface area contributed by atoms with E-state index in [0.29, 0.717) is 28.9 Å². The molecule has 0 spiro atoms. The third-order valence-electron chi connectivity index (χ3n) is 5.00. The molecule has 0 saturated carbocycles. The fourth-order valence-corrected chi connectivity index (χ4v) is 3.53. The summed E-state index contributed by atoms with van der Waals surface area (Å²) in [5.41, 5.74) is 4.12. The molecule has 4 rings (SSSR count). The number of hydrogen-bond donors (Lipinski definition) is 1. The summed E-state index contributed by atoms with van der Waals surface area (Å²) in [4.78, 5) is 27.5. The summed E-state index contributed by atoms with van der Waals surface area (Å²) in [5, 5.41) is 11.7. The molecule has 3 aromatic carbocycles. The van der Waals surface area contributed by atoms with Crippen LogP contribution in [-0.2, 0) is 6.42 Å². The highest BCUT2D eigenvalue weighted by Crippen LogP contribution is 2.28. The van der Waals surface area contributed by atoms with E-state index in [1.54, 1.807) is 53.4 Å². The van der Waals surface area contributed by atoms with Gasteiger partial charge in [-0.15, -0.1) is 0 Å². The Balaban J connectivity index is 1.55. The zero-order valence-corrected chi connectivity index (χ0v) is 15.8. The molecule has 0 bridgehead atoms. The van der Waals surface area contributed by atoms with Gasteiger partial charge in [-0.25, -0.2) is 0 Å². The van der Waals surface area contributed by atoms with E-state index in [-0.39, 0.29) is 11.8 Å². The lowest BCUT2D eigenvalue weighted by Gasteiger charge is -2.29. The Morgan fingerprint density at radius 1 is 0.931 bits per heavy atom. The van der Waals surface area contributed by atoms with Crippen LogP contribution in [0, 0.1) is 11.3 Å². The molecule has 0 radical (unpaired) electrons. The first kappa shape index (κ1) is 18.5. The third kappa shape index (κ3) is 3.87. The molecule has 0 fully saturated rings. The quantitative estimate of drug-likeness (QED) is 0.731. The summed E-state index contributed by atoms with van der Waals surface area (Å²) in [6.45, 7) is 0.664. The Labute approximate surface area is 169 Å². The van der Waals surface area contributed by atoms with Crippen LogP contribution in [-0.4, -0.2) is 18.4 Å². The number of anilines is 2. The number of benzene rings is 3. The molecule has 0 saturated heterocycles. The van der Waals surface area contributed by atoms with Crippen LogP contribution in [0.15, 0.2) is 72.8 Å². The maximum Gasteiger partial charge on any atom is 0.258 e. The molecule has 1 N–H and O–H groups in total. The number of aryl methyl sites for hydroxylation is 1. The Morgan fingerprint density at radius 2 is 1.69 bits per heavy atom. The van der Waals surface area contributed by atoms with Crippen LogP contribution in [0.3, 0.4) is 0 Å². The van der Waals surface area contributed by atoms with Crippen molar-refractivity contribution >= 4 is 23.2 Å². The van der Waals surface area contributed by atoms with E-state index in [9.17, 15) is 9.59 Å². The number of para-hydroxylation sites is 1. The van der Waals surface area contributed by atoms with Gasteiger partial charge in [-0.2, -0.15) is 5.26 Å². The molecule has 0 aromatic heterocycles. The van der Waals surface area contributed by atoms with Gasteiger partial charge in [-0.1, -0.05) is 24.3 Å². The average molecular weight is 381 g/mol. The van der Waals surface area contributed by atoms with Crippen molar-refractivity contribution in [2.24, 2.45) is 0 Å². The molecule has 2 amide bonds. The topological polar surface area (TPSA) is 73.2 Å². The minimum atomic E-state index is -0.302. The zero-order chi connectivity index (χ0) is 20.2. The molecule has 1 aliphatic rings. The van der Waals surface area contributed by atoms with Crippen LogP contribution in [0.2, 0.25) is 0 Å². The molecule has 0 atom stereocenters. The second-order valence-corrected chi connectivity index (χ2v) is 6.91. The van der Waals surface area contributed by atoms with Gasteiger partial charge in [0, 0.05) is 29.0 Å². The Bertz CT molecular complexity index is 1110. The van der Waals surface area contributed by atoms with E-state index in [0.717, 1.165) is 18.5 Å². The average Bonchev–Trinajstić information content (AvgIpc) is 2.79. The molecular weight excluding hydrogens is 362 g/mol. The first-order chi connectivity index (χ1) is 14.2. The highest BCUT2D eigenvalue weighted by Gasteiger charge is 2.23. The van der Waals surface area contributed by atoms with Gasteiger partial charge >= 0.3 is 0 Å². The van der Waals surface area contributed by atoms with E-state index >= 15 is 0 Å². The second-order valence-electron chi connectivity index (χ2n) is 6.91. The normalized spacial score (nSPS) is 12.6. The lowest BCUT2D eigenvalue weighted by atomic mass is 10.0. The number of carbonyl (C=O) groups excluding carboxylic acids is 2. The Kier molecular flexibility index (Phi) is 5.08. The molecule has 1 heterocycles. The number of nitriles is 1. The first-order valence-electron chi connectivity index (χ1n) is 9.47. The third-order valence-corrected chi connectivity index (χ3v) is 5.00. The number of carbonyl (C=O) groups is 2. The van der Waals surface area contributed by atoms with Crippen molar-refractivity contribution in [2.45, 2.75) is 12.8 Å². The van der Waals surface area contributed by atoms with Gasteiger partial charge in [0.05, 0.1) is 11.6 Å². The predicted molar refractivity (Wildman–Crippen MR) is 112 cm³/mol. The van der Waals surface area contributed by atoms with Crippen LogP contribution in [0.1, 0.15) is 38.3 Å². The number of fused-ring (bicyclic) bond motifs is 1. The van der Waals surface area contributed by atoms with E-state index in [4.69, 9.17) is 5.26 Å². The Hall–Kier alpha value is -3.91. The predicted octanol–water partition coefficient (Wildman–Crippen LogP) is 4.40. The van der Waals surface area contributed by atoms with E-state index in [1.807, 2.05) is 24.3 Å². The van der Waals surface area contributed by atoms with Gasteiger partial charge in [0.25, 0.3) is 11.8 Å². The van der Waals surface area contributed by atoms with E-state index in [1.165, 1.54) is 5.56 Å². The van der Waals surface area contributed by atoms with Crippen LogP contribution in [0.4, 0.5) is 11.4 Å². The number of nitrogens with one attached hydrogen (secondary N) is 1. The minimum absolute atomic E-state index is 0.106. The fraction of sp³-hybridized carbons (Fsp3) is 0.125. The number of rotatable bonds is 3. The summed E-state index contributed by atoms with van der Waals surface area (Å²) in [6.07, 6.45) is 1.88. The highest BCUT2D eigenvalue weighted by atomic mass is 16.2. The summed E-state index contributed by atoms with van der Waals surface area (Å²) in [5.74, 6) is -0.409. The smallest absolute Gasteiger partial charge is 0.258 e. The second kappa shape index (κ2) is 7.99. The van der Waals surface area contributed by atoms with Crippen LogP contribution < -0.4 is 10.2 Å². The minimum Gasteiger partial charge on any atom is -0.322 e. The molecule has 5 nitrogen and oxygen atoms in total. The van der Waals surface area contributed by atoms with Crippen molar-refractivity contribution < 1.29 is 9.59 Å². The highest BCUT2D eigenvalue weighted by molar-refractivity contribution is 6.10. The molecule has 1 aliphatic heterocycles. The fourth-order valence-electron chi connectivity index (χ4n) is 3.53. The molecular formula is C24H19N3O2. The molecule has 29 heavy (non-hydrogen) atoms. The van der Waals surface area contributed by atoms with Gasteiger partial charge in [0.15, 0.2) is 0 Å². The summed E-state index contributed by atoms with van der Waals surface area (Å²) in [7, 11) is 0. The van der Waals surface area contributed by atoms with Crippen LogP contribution in [0.25, 0.3) is 0 Å². The van der Waals surface area contributed by atoms with Crippen molar-refractivity contribution in [3.8, 4) is 6.07 Å². The lowest BCUT2D eigenvalue weighted by molar-refractivity contribution is 0.0985. The monoisotopic (exact) mass is 381 g/mol. The number of hydrogen-bond acceptors (Lipinski definition) is 3. The maximum atomic E-state index is 13.1. The molecule has 3 aromatic rings.